The standard InChI is InChI=1S/C18H28N2O/c1-3-19-18-16-9-5-4-7-15(16)8-6-10-17(18)20-11-12-21-14(2)13-20/h4-5,7,9,14,17-19H,3,6,8,10-13H2,1-2H3. The first-order valence-corrected chi connectivity index (χ1v) is 8.46. The summed E-state index contributed by atoms with van der Waals surface area (Å²) in [5.41, 5.74) is 3.05. The lowest BCUT2D eigenvalue weighted by molar-refractivity contribution is -0.0411. The topological polar surface area (TPSA) is 24.5 Å². The Bertz CT molecular complexity index is 462. The third kappa shape index (κ3) is 3.31. The van der Waals surface area contributed by atoms with Crippen LogP contribution in [0.25, 0.3) is 0 Å². The summed E-state index contributed by atoms with van der Waals surface area (Å²) in [5.74, 6) is 0. The van der Waals surface area contributed by atoms with E-state index in [1.165, 1.54) is 30.4 Å². The molecule has 1 aromatic carbocycles. The largest absolute Gasteiger partial charge is 0.376 e. The van der Waals surface area contributed by atoms with E-state index in [0.29, 0.717) is 18.2 Å². The number of nitrogens with one attached hydrogen (secondary N) is 1. The number of aryl methyl sites for hydroxylation is 1. The van der Waals surface area contributed by atoms with Crippen LogP contribution >= 0.6 is 0 Å². The molecule has 3 atom stereocenters. The van der Waals surface area contributed by atoms with Gasteiger partial charge in [0.2, 0.25) is 0 Å². The second kappa shape index (κ2) is 6.91. The summed E-state index contributed by atoms with van der Waals surface area (Å²) in [6, 6.07) is 10.1. The van der Waals surface area contributed by atoms with E-state index < -0.39 is 0 Å². The van der Waals surface area contributed by atoms with Crippen LogP contribution in [0, 0.1) is 0 Å². The Morgan fingerprint density at radius 3 is 3.00 bits per heavy atom. The minimum absolute atomic E-state index is 0.361. The molecule has 3 heteroatoms. The third-order valence-electron chi connectivity index (χ3n) is 4.89. The Morgan fingerprint density at radius 1 is 1.33 bits per heavy atom. The van der Waals surface area contributed by atoms with Crippen LogP contribution in [0.3, 0.4) is 0 Å². The molecule has 1 N–H and O–H groups in total. The van der Waals surface area contributed by atoms with Crippen molar-refractivity contribution in [2.24, 2.45) is 0 Å². The van der Waals surface area contributed by atoms with E-state index in [9.17, 15) is 0 Å². The van der Waals surface area contributed by atoms with Crippen molar-refractivity contribution in [3.05, 3.63) is 35.4 Å². The summed E-state index contributed by atoms with van der Waals surface area (Å²) < 4.78 is 5.73. The fraction of sp³-hybridized carbons (Fsp3) is 0.667. The summed E-state index contributed by atoms with van der Waals surface area (Å²) in [5, 5.41) is 3.76. The van der Waals surface area contributed by atoms with Gasteiger partial charge in [-0.25, -0.2) is 0 Å². The van der Waals surface area contributed by atoms with Crippen molar-refractivity contribution in [2.45, 2.75) is 51.3 Å². The zero-order valence-corrected chi connectivity index (χ0v) is 13.3. The molecule has 3 nitrogen and oxygen atoms in total. The van der Waals surface area contributed by atoms with E-state index in [2.05, 4.69) is 48.3 Å². The van der Waals surface area contributed by atoms with E-state index in [-0.39, 0.29) is 0 Å². The molecule has 1 heterocycles. The van der Waals surface area contributed by atoms with Crippen LogP contribution in [-0.2, 0) is 11.2 Å². The highest BCUT2D eigenvalue weighted by molar-refractivity contribution is 5.32. The number of hydrogen-bond acceptors (Lipinski definition) is 3. The average molecular weight is 288 g/mol. The second-order valence-electron chi connectivity index (χ2n) is 6.37. The Labute approximate surface area is 128 Å². The number of ether oxygens (including phenoxy) is 1. The first-order chi connectivity index (χ1) is 10.3. The SMILES string of the molecule is CCNC1c2ccccc2CCCC1N1CCOC(C)C1. The fourth-order valence-corrected chi connectivity index (χ4v) is 3.95. The van der Waals surface area contributed by atoms with Crippen LogP contribution in [0.4, 0.5) is 0 Å². The van der Waals surface area contributed by atoms with Gasteiger partial charge in [-0.15, -0.1) is 0 Å². The maximum atomic E-state index is 5.73. The molecule has 0 spiro atoms. The molecular weight excluding hydrogens is 260 g/mol. The molecule has 0 bridgehead atoms. The smallest absolute Gasteiger partial charge is 0.0674 e. The predicted molar refractivity (Wildman–Crippen MR) is 86.6 cm³/mol. The molecule has 3 unspecified atom stereocenters. The lowest BCUT2D eigenvalue weighted by Crippen LogP contribution is -2.51. The Morgan fingerprint density at radius 2 is 2.19 bits per heavy atom. The van der Waals surface area contributed by atoms with Crippen molar-refractivity contribution in [2.75, 3.05) is 26.2 Å². The van der Waals surface area contributed by atoms with Crippen molar-refractivity contribution in [1.82, 2.24) is 10.2 Å². The van der Waals surface area contributed by atoms with Gasteiger partial charge >= 0.3 is 0 Å². The Hall–Kier alpha value is -0.900. The highest BCUT2D eigenvalue weighted by Gasteiger charge is 2.33. The molecule has 3 rings (SSSR count). The number of benzene rings is 1. The molecule has 1 aliphatic heterocycles. The number of rotatable bonds is 3. The van der Waals surface area contributed by atoms with E-state index in [4.69, 9.17) is 4.74 Å². The van der Waals surface area contributed by atoms with E-state index >= 15 is 0 Å². The van der Waals surface area contributed by atoms with Crippen LogP contribution in [0.5, 0.6) is 0 Å². The number of nitrogens with zero attached hydrogens (tertiary/aromatic N) is 1. The van der Waals surface area contributed by atoms with Crippen molar-refractivity contribution in [1.29, 1.82) is 0 Å². The van der Waals surface area contributed by atoms with Crippen LogP contribution in [0.15, 0.2) is 24.3 Å². The van der Waals surface area contributed by atoms with Crippen LogP contribution in [-0.4, -0.2) is 43.3 Å². The molecule has 1 aliphatic carbocycles. The van der Waals surface area contributed by atoms with Gasteiger partial charge in [-0.1, -0.05) is 31.2 Å². The van der Waals surface area contributed by atoms with E-state index in [1.807, 2.05) is 0 Å². The summed E-state index contributed by atoms with van der Waals surface area (Å²) >= 11 is 0. The predicted octanol–water partition coefficient (Wildman–Crippen LogP) is 2.76. The number of morpholine rings is 1. The summed E-state index contributed by atoms with van der Waals surface area (Å²) in [6.45, 7) is 8.44. The van der Waals surface area contributed by atoms with Gasteiger partial charge in [0.1, 0.15) is 0 Å². The minimum atomic E-state index is 0.361. The van der Waals surface area contributed by atoms with Crippen molar-refractivity contribution in [3.8, 4) is 0 Å². The zero-order valence-electron chi connectivity index (χ0n) is 13.3. The van der Waals surface area contributed by atoms with Gasteiger partial charge in [0.25, 0.3) is 0 Å². The minimum Gasteiger partial charge on any atom is -0.376 e. The quantitative estimate of drug-likeness (QED) is 0.866. The van der Waals surface area contributed by atoms with Crippen molar-refractivity contribution >= 4 is 0 Å². The molecule has 116 valence electrons. The molecule has 1 saturated heterocycles. The monoisotopic (exact) mass is 288 g/mol. The maximum absolute atomic E-state index is 5.73. The molecule has 1 fully saturated rings. The molecule has 0 amide bonds. The normalized spacial score (nSPS) is 30.7. The van der Waals surface area contributed by atoms with E-state index in [0.717, 1.165) is 26.2 Å². The molecule has 1 aromatic rings. The molecule has 0 radical (unpaired) electrons. The first-order valence-electron chi connectivity index (χ1n) is 8.46. The summed E-state index contributed by atoms with van der Waals surface area (Å²) in [4.78, 5) is 2.66. The second-order valence-corrected chi connectivity index (χ2v) is 6.37. The van der Waals surface area contributed by atoms with Gasteiger partial charge in [-0.3, -0.25) is 4.90 Å². The first kappa shape index (κ1) is 15.0. The number of likely N-dealkylation sites (N-methyl/N-ethyl adjacent to an activating group) is 1. The lowest BCUT2D eigenvalue weighted by atomic mass is 9.94. The summed E-state index contributed by atoms with van der Waals surface area (Å²) in [6.07, 6.45) is 4.14. The highest BCUT2D eigenvalue weighted by Crippen LogP contribution is 2.32. The third-order valence-corrected chi connectivity index (χ3v) is 4.89. The number of fused-ring (bicyclic) bond motifs is 1. The molecule has 2 aliphatic rings. The van der Waals surface area contributed by atoms with Crippen LogP contribution < -0.4 is 5.32 Å². The van der Waals surface area contributed by atoms with Gasteiger partial charge in [0, 0.05) is 25.2 Å². The zero-order chi connectivity index (χ0) is 14.7. The van der Waals surface area contributed by atoms with Gasteiger partial charge in [-0.2, -0.15) is 0 Å². The van der Waals surface area contributed by atoms with Gasteiger partial charge in [0.05, 0.1) is 12.7 Å². The number of hydrogen-bond donors (Lipinski definition) is 1. The fourth-order valence-electron chi connectivity index (χ4n) is 3.95. The van der Waals surface area contributed by atoms with Crippen LogP contribution in [0.1, 0.15) is 43.9 Å². The van der Waals surface area contributed by atoms with Crippen LogP contribution in [0.2, 0.25) is 0 Å². The Balaban J connectivity index is 1.88. The van der Waals surface area contributed by atoms with Gasteiger partial charge in [-0.05, 0) is 43.9 Å². The molecular formula is C18H28N2O. The average Bonchev–Trinajstić information content (AvgIpc) is 2.68. The maximum Gasteiger partial charge on any atom is 0.0674 e. The van der Waals surface area contributed by atoms with Crippen molar-refractivity contribution < 1.29 is 4.74 Å². The Kier molecular flexibility index (Phi) is 4.94. The van der Waals surface area contributed by atoms with Gasteiger partial charge in [0.15, 0.2) is 0 Å². The highest BCUT2D eigenvalue weighted by atomic mass is 16.5. The lowest BCUT2D eigenvalue weighted by Gasteiger charge is -2.41. The molecule has 21 heavy (non-hydrogen) atoms. The summed E-state index contributed by atoms with van der Waals surface area (Å²) in [7, 11) is 0. The molecule has 0 saturated carbocycles. The van der Waals surface area contributed by atoms with Crippen molar-refractivity contribution in [3.63, 3.8) is 0 Å². The van der Waals surface area contributed by atoms with Gasteiger partial charge < -0.3 is 10.1 Å². The molecule has 0 aromatic heterocycles. The van der Waals surface area contributed by atoms with E-state index in [1.54, 1.807) is 0 Å².